The average molecular weight is 466 g/mol. The Morgan fingerprint density at radius 3 is 2.65 bits per heavy atom. The summed E-state index contributed by atoms with van der Waals surface area (Å²) >= 11 is 0. The third-order valence-electron chi connectivity index (χ3n) is 5.91. The highest BCUT2D eigenvalue weighted by molar-refractivity contribution is 5.86. The van der Waals surface area contributed by atoms with Gasteiger partial charge in [0.25, 0.3) is 0 Å². The Labute approximate surface area is 195 Å². The van der Waals surface area contributed by atoms with Crippen LogP contribution in [0.5, 0.6) is 17.2 Å². The molecule has 0 saturated carbocycles. The summed E-state index contributed by atoms with van der Waals surface area (Å²) in [7, 11) is 4.71. The van der Waals surface area contributed by atoms with Crippen molar-refractivity contribution in [1.29, 1.82) is 0 Å². The highest BCUT2D eigenvalue weighted by Gasteiger charge is 2.27. The number of aliphatic hydroxyl groups excluding tert-OH is 1. The normalized spacial score (nSPS) is 15.6. The van der Waals surface area contributed by atoms with E-state index in [2.05, 4.69) is 15.3 Å². The van der Waals surface area contributed by atoms with Crippen LogP contribution in [0, 0.1) is 0 Å². The maximum Gasteiger partial charge on any atom is 0.228 e. The van der Waals surface area contributed by atoms with Gasteiger partial charge in [0.05, 0.1) is 52.1 Å². The largest absolute Gasteiger partial charge is 0.493 e. The van der Waals surface area contributed by atoms with Gasteiger partial charge in [-0.2, -0.15) is 4.98 Å². The lowest BCUT2D eigenvalue weighted by atomic mass is 10.2. The molecule has 0 amide bonds. The maximum absolute atomic E-state index is 9.72. The Morgan fingerprint density at radius 2 is 1.94 bits per heavy atom. The van der Waals surface area contributed by atoms with Gasteiger partial charge in [-0.15, -0.1) is 0 Å². The van der Waals surface area contributed by atoms with E-state index in [1.165, 1.54) is 0 Å². The molecule has 1 atom stereocenters. The van der Waals surface area contributed by atoms with Crippen LogP contribution in [0.15, 0.2) is 41.4 Å². The third-order valence-corrected chi connectivity index (χ3v) is 5.91. The molecule has 3 aromatic heterocycles. The second-order valence-corrected chi connectivity index (χ2v) is 7.85. The van der Waals surface area contributed by atoms with E-state index in [9.17, 15) is 5.11 Å². The minimum Gasteiger partial charge on any atom is -0.493 e. The summed E-state index contributed by atoms with van der Waals surface area (Å²) in [6, 6.07) is 5.48. The number of furan rings is 1. The summed E-state index contributed by atoms with van der Waals surface area (Å²) in [5, 5.41) is 13.0. The van der Waals surface area contributed by atoms with E-state index >= 15 is 0 Å². The fourth-order valence-electron chi connectivity index (χ4n) is 4.22. The first kappa shape index (κ1) is 21.8. The van der Waals surface area contributed by atoms with Gasteiger partial charge in [-0.1, -0.05) is 0 Å². The number of aromatic nitrogens is 4. The van der Waals surface area contributed by atoms with Gasteiger partial charge in [-0.25, -0.2) is 9.97 Å². The number of methoxy groups -OCH3 is 3. The Balaban J connectivity index is 1.47. The topological polar surface area (TPSA) is 120 Å². The zero-order valence-corrected chi connectivity index (χ0v) is 19.2. The summed E-state index contributed by atoms with van der Waals surface area (Å²) in [6.45, 7) is 0.860. The summed E-state index contributed by atoms with van der Waals surface area (Å²) in [5.74, 6) is 3.23. The molecule has 1 aliphatic rings. The molecule has 11 heteroatoms. The van der Waals surface area contributed by atoms with Gasteiger partial charge in [0.2, 0.25) is 11.7 Å². The van der Waals surface area contributed by atoms with Gasteiger partial charge >= 0.3 is 0 Å². The molecule has 0 unspecified atom stereocenters. The first-order valence-corrected chi connectivity index (χ1v) is 10.9. The fraction of sp³-hybridized carbons (Fsp3) is 0.348. The van der Waals surface area contributed by atoms with Crippen molar-refractivity contribution >= 4 is 28.7 Å². The van der Waals surface area contributed by atoms with E-state index in [-0.39, 0.29) is 12.6 Å². The predicted octanol–water partition coefficient (Wildman–Crippen LogP) is 3.14. The van der Waals surface area contributed by atoms with Crippen LogP contribution in [-0.2, 0) is 0 Å². The van der Waals surface area contributed by atoms with Crippen LogP contribution in [0.3, 0.4) is 0 Å². The number of hydrogen-bond acceptors (Lipinski definition) is 10. The second-order valence-electron chi connectivity index (χ2n) is 7.85. The highest BCUT2D eigenvalue weighted by Crippen LogP contribution is 2.39. The van der Waals surface area contributed by atoms with Crippen molar-refractivity contribution in [2.45, 2.75) is 18.9 Å². The van der Waals surface area contributed by atoms with E-state index < -0.39 is 0 Å². The van der Waals surface area contributed by atoms with Gasteiger partial charge in [0.15, 0.2) is 22.9 Å². The quantitative estimate of drug-likeness (QED) is 0.401. The van der Waals surface area contributed by atoms with Crippen LogP contribution >= 0.6 is 0 Å². The van der Waals surface area contributed by atoms with Gasteiger partial charge in [-0.05, 0) is 12.8 Å². The fourth-order valence-corrected chi connectivity index (χ4v) is 4.22. The van der Waals surface area contributed by atoms with Crippen LogP contribution in [0.2, 0.25) is 0 Å². The Hall–Kier alpha value is -3.99. The molecular formula is C23H26N6O5. The number of fused-ring (bicyclic) bond motifs is 1. The van der Waals surface area contributed by atoms with Gasteiger partial charge < -0.3 is 38.5 Å². The number of nitrogens with zero attached hydrogens (tertiary/aromatic N) is 5. The molecule has 178 valence electrons. The number of hydrogen-bond donors (Lipinski definition) is 2. The lowest BCUT2D eigenvalue weighted by Gasteiger charge is -2.23. The number of ether oxygens (including phenoxy) is 3. The SMILES string of the molecule is COc1cc(-n2cnc(Nc3nc(N4CCC[C@H]4CO)nc4ccoc34)c2)cc(OC)c1OC. The molecule has 1 fully saturated rings. The summed E-state index contributed by atoms with van der Waals surface area (Å²) in [4.78, 5) is 15.8. The summed E-state index contributed by atoms with van der Waals surface area (Å²) < 4.78 is 23.8. The molecule has 4 heterocycles. The average Bonchev–Trinajstić information content (AvgIpc) is 3.63. The zero-order chi connectivity index (χ0) is 23.7. The van der Waals surface area contributed by atoms with Crippen molar-refractivity contribution in [3.8, 4) is 22.9 Å². The Kier molecular flexibility index (Phi) is 5.84. The monoisotopic (exact) mass is 466 g/mol. The van der Waals surface area contributed by atoms with Gasteiger partial charge in [-0.3, -0.25) is 0 Å². The lowest BCUT2D eigenvalue weighted by molar-refractivity contribution is 0.265. The van der Waals surface area contributed by atoms with Crippen LogP contribution in [0.1, 0.15) is 12.8 Å². The predicted molar refractivity (Wildman–Crippen MR) is 126 cm³/mol. The van der Waals surface area contributed by atoms with Crippen molar-refractivity contribution in [3.63, 3.8) is 0 Å². The number of benzene rings is 1. The molecule has 2 N–H and O–H groups in total. The van der Waals surface area contributed by atoms with E-state index in [1.54, 1.807) is 40.0 Å². The van der Waals surface area contributed by atoms with E-state index in [1.807, 2.05) is 27.8 Å². The zero-order valence-electron chi connectivity index (χ0n) is 19.2. The van der Waals surface area contributed by atoms with Crippen LogP contribution < -0.4 is 24.4 Å². The number of anilines is 3. The molecule has 0 bridgehead atoms. The molecule has 34 heavy (non-hydrogen) atoms. The third kappa shape index (κ3) is 3.83. The second kappa shape index (κ2) is 9.10. The number of rotatable bonds is 8. The standard InChI is InChI=1S/C23H26N6O5/c1-31-17-9-15(10-18(32-2)21(17)33-3)28-11-19(24-13-28)26-22-20-16(6-8-34-20)25-23(27-22)29-7-4-5-14(29)12-30/h6,8-11,13-14,30H,4-5,7,12H2,1-3H3,(H,25,26,27)/t14-/m0/s1. The highest BCUT2D eigenvalue weighted by atomic mass is 16.5. The molecule has 0 radical (unpaired) electrons. The molecule has 1 saturated heterocycles. The van der Waals surface area contributed by atoms with Crippen molar-refractivity contribution in [2.75, 3.05) is 44.7 Å². The molecule has 0 spiro atoms. The minimum atomic E-state index is 0.0106. The molecule has 1 aliphatic heterocycles. The molecular weight excluding hydrogens is 440 g/mol. The van der Waals surface area contributed by atoms with Crippen molar-refractivity contribution in [3.05, 3.63) is 37.0 Å². The molecule has 11 nitrogen and oxygen atoms in total. The van der Waals surface area contributed by atoms with Gasteiger partial charge in [0, 0.05) is 24.7 Å². The van der Waals surface area contributed by atoms with Crippen LogP contribution in [0.25, 0.3) is 16.8 Å². The number of nitrogens with one attached hydrogen (secondary N) is 1. The first-order valence-electron chi connectivity index (χ1n) is 10.9. The first-order chi connectivity index (χ1) is 16.6. The van der Waals surface area contributed by atoms with Crippen LogP contribution in [0.4, 0.5) is 17.6 Å². The maximum atomic E-state index is 9.72. The van der Waals surface area contributed by atoms with E-state index in [0.29, 0.717) is 45.9 Å². The van der Waals surface area contributed by atoms with Crippen molar-refractivity contribution < 1.29 is 23.7 Å². The molecule has 0 aliphatic carbocycles. The summed E-state index contributed by atoms with van der Waals surface area (Å²) in [6.07, 6.45) is 6.97. The molecule has 1 aromatic carbocycles. The van der Waals surface area contributed by atoms with E-state index in [0.717, 1.165) is 25.1 Å². The smallest absolute Gasteiger partial charge is 0.228 e. The number of imidazole rings is 1. The Morgan fingerprint density at radius 1 is 1.15 bits per heavy atom. The van der Waals surface area contributed by atoms with Crippen molar-refractivity contribution in [2.24, 2.45) is 0 Å². The van der Waals surface area contributed by atoms with Crippen molar-refractivity contribution in [1.82, 2.24) is 19.5 Å². The Bertz CT molecular complexity index is 1280. The van der Waals surface area contributed by atoms with E-state index in [4.69, 9.17) is 23.6 Å². The minimum absolute atomic E-state index is 0.0106. The van der Waals surface area contributed by atoms with Crippen LogP contribution in [-0.4, -0.2) is 65.1 Å². The van der Waals surface area contributed by atoms with Gasteiger partial charge in [0.1, 0.15) is 17.7 Å². The molecule has 4 aromatic rings. The summed E-state index contributed by atoms with van der Waals surface area (Å²) in [5.41, 5.74) is 2.00. The number of aliphatic hydroxyl groups is 1. The molecule has 5 rings (SSSR count). The lowest BCUT2D eigenvalue weighted by Crippen LogP contribution is -2.33.